The van der Waals surface area contributed by atoms with E-state index >= 15 is 0 Å². The van der Waals surface area contributed by atoms with Crippen LogP contribution in [0.2, 0.25) is 0 Å². The Kier molecular flexibility index (Phi) is 7.76. The fourth-order valence-electron chi connectivity index (χ4n) is 2.79. The summed E-state index contributed by atoms with van der Waals surface area (Å²) in [6.07, 6.45) is 5.30. The lowest BCUT2D eigenvalue weighted by Gasteiger charge is -2.33. The smallest absolute Gasteiger partial charge is 0.224 e. The van der Waals surface area contributed by atoms with Crippen LogP contribution in [0.1, 0.15) is 46.0 Å². The summed E-state index contributed by atoms with van der Waals surface area (Å²) in [5.41, 5.74) is 0. The van der Waals surface area contributed by atoms with Gasteiger partial charge in [-0.3, -0.25) is 9.79 Å². The van der Waals surface area contributed by atoms with Crippen molar-refractivity contribution < 1.29 is 4.79 Å². The number of carbonyl (C=O) groups is 1. The quantitative estimate of drug-likeness (QED) is 0.425. The van der Waals surface area contributed by atoms with Crippen LogP contribution >= 0.6 is 24.0 Å². The van der Waals surface area contributed by atoms with Crippen LogP contribution in [0.4, 0.5) is 0 Å². The van der Waals surface area contributed by atoms with Gasteiger partial charge < -0.3 is 15.5 Å². The number of hydrogen-bond donors (Lipinski definition) is 2. The van der Waals surface area contributed by atoms with Gasteiger partial charge in [-0.15, -0.1) is 24.0 Å². The second kappa shape index (κ2) is 8.80. The normalized spacial score (nSPS) is 28.6. The number of guanidine groups is 1. The zero-order valence-electron chi connectivity index (χ0n) is 13.4. The number of hydrogen-bond acceptors (Lipinski definition) is 2. The molecule has 0 radical (unpaired) electrons. The molecule has 3 unspecified atom stereocenters. The van der Waals surface area contributed by atoms with Gasteiger partial charge in [-0.2, -0.15) is 0 Å². The summed E-state index contributed by atoms with van der Waals surface area (Å²) in [5.74, 6) is 1.82. The molecule has 21 heavy (non-hydrogen) atoms. The molecule has 1 saturated heterocycles. The number of likely N-dealkylation sites (tertiary alicyclic amines) is 1. The largest absolute Gasteiger partial charge is 0.356 e. The molecule has 1 aliphatic heterocycles. The van der Waals surface area contributed by atoms with Crippen molar-refractivity contribution in [3.63, 3.8) is 0 Å². The Morgan fingerprint density at radius 1 is 1.33 bits per heavy atom. The van der Waals surface area contributed by atoms with Crippen molar-refractivity contribution in [1.82, 2.24) is 15.5 Å². The van der Waals surface area contributed by atoms with Gasteiger partial charge in [-0.1, -0.05) is 6.92 Å². The lowest BCUT2D eigenvalue weighted by molar-refractivity contribution is -0.134. The fraction of sp³-hybridized carbons (Fsp3) is 0.867. The van der Waals surface area contributed by atoms with Crippen LogP contribution in [0.15, 0.2) is 4.99 Å². The summed E-state index contributed by atoms with van der Waals surface area (Å²) >= 11 is 0. The van der Waals surface area contributed by atoms with Gasteiger partial charge in [0.05, 0.1) is 0 Å². The molecule has 2 rings (SSSR count). The maximum Gasteiger partial charge on any atom is 0.224 e. The molecule has 3 atom stereocenters. The zero-order chi connectivity index (χ0) is 14.5. The van der Waals surface area contributed by atoms with Crippen molar-refractivity contribution in [3.8, 4) is 0 Å². The standard InChI is InChI=1S/C15H28N4O.HI/c1-11-10-13(11)18-15(16-3)17-8-7-14(20)19-9-5-4-6-12(19)2;/h11-13H,4-10H2,1-3H3,(H2,16,17,18);1H. The summed E-state index contributed by atoms with van der Waals surface area (Å²) in [6.45, 7) is 5.96. The van der Waals surface area contributed by atoms with Crippen molar-refractivity contribution in [2.24, 2.45) is 10.9 Å². The van der Waals surface area contributed by atoms with Gasteiger partial charge >= 0.3 is 0 Å². The van der Waals surface area contributed by atoms with E-state index in [0.717, 1.165) is 31.3 Å². The molecule has 0 bridgehead atoms. The highest BCUT2D eigenvalue weighted by Crippen LogP contribution is 2.28. The van der Waals surface area contributed by atoms with Crippen LogP contribution in [0.25, 0.3) is 0 Å². The van der Waals surface area contributed by atoms with Crippen molar-refractivity contribution >= 4 is 35.8 Å². The third kappa shape index (κ3) is 5.64. The van der Waals surface area contributed by atoms with Crippen LogP contribution < -0.4 is 10.6 Å². The highest BCUT2D eigenvalue weighted by atomic mass is 127. The first-order valence-electron chi connectivity index (χ1n) is 7.88. The van der Waals surface area contributed by atoms with Gasteiger partial charge in [-0.05, 0) is 38.5 Å². The Morgan fingerprint density at radius 2 is 2.05 bits per heavy atom. The number of piperidine rings is 1. The number of nitrogens with one attached hydrogen (secondary N) is 2. The Labute approximate surface area is 145 Å². The number of rotatable bonds is 4. The third-order valence-corrected chi connectivity index (χ3v) is 4.41. The molecule has 2 aliphatic rings. The first-order chi connectivity index (χ1) is 9.61. The number of nitrogens with zero attached hydrogens (tertiary/aromatic N) is 2. The van der Waals surface area contributed by atoms with Gasteiger partial charge in [0.25, 0.3) is 0 Å². The Balaban J connectivity index is 0.00000220. The molecule has 0 spiro atoms. The molecule has 1 heterocycles. The molecule has 0 aromatic heterocycles. The Morgan fingerprint density at radius 3 is 2.62 bits per heavy atom. The Hall–Kier alpha value is -0.530. The molecule has 1 saturated carbocycles. The highest BCUT2D eigenvalue weighted by molar-refractivity contribution is 14.0. The molecular formula is C15H29IN4O. The fourth-order valence-corrected chi connectivity index (χ4v) is 2.79. The second-order valence-electron chi connectivity index (χ2n) is 6.14. The van der Waals surface area contributed by atoms with Crippen molar-refractivity contribution in [2.45, 2.75) is 58.0 Å². The first-order valence-corrected chi connectivity index (χ1v) is 7.88. The van der Waals surface area contributed by atoms with E-state index in [4.69, 9.17) is 0 Å². The van der Waals surface area contributed by atoms with Crippen LogP contribution in [0.5, 0.6) is 0 Å². The van der Waals surface area contributed by atoms with E-state index in [1.165, 1.54) is 12.8 Å². The van der Waals surface area contributed by atoms with E-state index in [1.54, 1.807) is 7.05 Å². The molecular weight excluding hydrogens is 379 g/mol. The molecule has 2 fully saturated rings. The van der Waals surface area contributed by atoms with Gasteiger partial charge in [0, 0.05) is 38.6 Å². The van der Waals surface area contributed by atoms with E-state index < -0.39 is 0 Å². The van der Waals surface area contributed by atoms with Gasteiger partial charge in [-0.25, -0.2) is 0 Å². The molecule has 0 aromatic carbocycles. The zero-order valence-corrected chi connectivity index (χ0v) is 15.7. The van der Waals surface area contributed by atoms with Crippen molar-refractivity contribution in [2.75, 3.05) is 20.1 Å². The van der Waals surface area contributed by atoms with E-state index in [1.807, 2.05) is 4.90 Å². The molecule has 6 heteroatoms. The summed E-state index contributed by atoms with van der Waals surface area (Å²) in [5, 5.41) is 6.60. The number of carbonyl (C=O) groups excluding carboxylic acids is 1. The van der Waals surface area contributed by atoms with Crippen LogP contribution in [-0.2, 0) is 4.79 Å². The third-order valence-electron chi connectivity index (χ3n) is 4.41. The second-order valence-corrected chi connectivity index (χ2v) is 6.14. The van der Waals surface area contributed by atoms with Gasteiger partial charge in [0.1, 0.15) is 0 Å². The van der Waals surface area contributed by atoms with Crippen LogP contribution in [-0.4, -0.2) is 49.0 Å². The van der Waals surface area contributed by atoms with Crippen molar-refractivity contribution in [1.29, 1.82) is 0 Å². The number of halogens is 1. The molecule has 2 N–H and O–H groups in total. The molecule has 122 valence electrons. The lowest BCUT2D eigenvalue weighted by atomic mass is 10.0. The monoisotopic (exact) mass is 408 g/mol. The summed E-state index contributed by atoms with van der Waals surface area (Å²) in [6, 6.07) is 0.958. The average Bonchev–Trinajstić information content (AvgIpc) is 3.13. The van der Waals surface area contributed by atoms with Gasteiger partial charge in [0.2, 0.25) is 5.91 Å². The SMILES string of the molecule is CN=C(NCCC(=O)N1CCCCC1C)NC1CC1C.I. The predicted octanol–water partition coefficient (Wildman–Crippen LogP) is 1.97. The first kappa shape index (κ1) is 18.5. The van der Waals surface area contributed by atoms with Crippen LogP contribution in [0.3, 0.4) is 0 Å². The van der Waals surface area contributed by atoms with E-state index in [2.05, 4.69) is 29.5 Å². The number of amides is 1. The summed E-state index contributed by atoms with van der Waals surface area (Å²) in [4.78, 5) is 18.4. The molecule has 1 aliphatic carbocycles. The highest BCUT2D eigenvalue weighted by Gasteiger charge is 2.33. The van der Waals surface area contributed by atoms with E-state index in [-0.39, 0.29) is 29.9 Å². The molecule has 5 nitrogen and oxygen atoms in total. The molecule has 1 amide bonds. The van der Waals surface area contributed by atoms with Gasteiger partial charge in [0.15, 0.2) is 5.96 Å². The summed E-state index contributed by atoms with van der Waals surface area (Å²) in [7, 11) is 1.77. The minimum Gasteiger partial charge on any atom is -0.356 e. The summed E-state index contributed by atoms with van der Waals surface area (Å²) < 4.78 is 0. The molecule has 0 aromatic rings. The Bertz CT molecular complexity index is 375. The van der Waals surface area contributed by atoms with Crippen LogP contribution in [0, 0.1) is 5.92 Å². The maximum atomic E-state index is 12.2. The van der Waals surface area contributed by atoms with E-state index in [9.17, 15) is 4.79 Å². The minimum absolute atomic E-state index is 0. The maximum absolute atomic E-state index is 12.2. The number of aliphatic imine (C=N–C) groups is 1. The van der Waals surface area contributed by atoms with Crippen molar-refractivity contribution in [3.05, 3.63) is 0 Å². The van der Waals surface area contributed by atoms with E-state index in [0.29, 0.717) is 25.0 Å². The average molecular weight is 408 g/mol. The topological polar surface area (TPSA) is 56.7 Å². The predicted molar refractivity (Wildman–Crippen MR) is 97.1 cm³/mol. The minimum atomic E-state index is 0. The lowest BCUT2D eigenvalue weighted by Crippen LogP contribution is -2.44.